The molecule has 0 aromatic heterocycles. The Morgan fingerprint density at radius 2 is 1.86 bits per heavy atom. The Kier molecular flexibility index (Phi) is 4.61. The molecule has 6 nitrogen and oxygen atoms in total. The molecule has 2 N–H and O–H groups in total. The van der Waals surface area contributed by atoms with Crippen molar-refractivity contribution < 1.29 is 14.8 Å². The number of carbonyl (C=O) groups is 1. The number of nitrogens with zero attached hydrogens (tertiary/aromatic N) is 1. The van der Waals surface area contributed by atoms with Crippen molar-refractivity contribution in [3.63, 3.8) is 0 Å². The first-order valence-corrected chi connectivity index (χ1v) is 6.72. The van der Waals surface area contributed by atoms with Crippen LogP contribution in [0.5, 0.6) is 0 Å². The number of carboxylic acids is 1. The highest BCUT2D eigenvalue weighted by atomic mass is 16.6. The highest BCUT2D eigenvalue weighted by Crippen LogP contribution is 2.34. The quantitative estimate of drug-likeness (QED) is 0.634. The fraction of sp³-hybridized carbons (Fsp3) is 0.533. The van der Waals surface area contributed by atoms with E-state index < -0.39 is 22.1 Å². The van der Waals surface area contributed by atoms with Crippen molar-refractivity contribution in [2.24, 2.45) is 5.41 Å². The zero-order chi connectivity index (χ0) is 16.4. The molecule has 21 heavy (non-hydrogen) atoms. The summed E-state index contributed by atoms with van der Waals surface area (Å²) in [5, 5.41) is 23.4. The van der Waals surface area contributed by atoms with Gasteiger partial charge in [0, 0.05) is 5.54 Å². The fourth-order valence-electron chi connectivity index (χ4n) is 2.75. The van der Waals surface area contributed by atoms with E-state index in [4.69, 9.17) is 5.11 Å². The topological polar surface area (TPSA) is 92.5 Å². The van der Waals surface area contributed by atoms with E-state index in [2.05, 4.69) is 26.1 Å². The Bertz CT molecular complexity index is 559. The molecule has 0 amide bonds. The number of nitro groups is 1. The maximum Gasteiger partial charge on any atom is 0.342 e. The Morgan fingerprint density at radius 1 is 1.29 bits per heavy atom. The van der Waals surface area contributed by atoms with Crippen LogP contribution in [0.25, 0.3) is 0 Å². The molecular weight excluding hydrogens is 272 g/mol. The van der Waals surface area contributed by atoms with Crippen LogP contribution < -0.4 is 5.32 Å². The molecule has 0 unspecified atom stereocenters. The van der Waals surface area contributed by atoms with Gasteiger partial charge >= 0.3 is 11.7 Å². The molecule has 1 rings (SSSR count). The van der Waals surface area contributed by atoms with Gasteiger partial charge in [0.1, 0.15) is 11.3 Å². The van der Waals surface area contributed by atoms with Gasteiger partial charge in [-0.25, -0.2) is 4.79 Å². The van der Waals surface area contributed by atoms with Crippen LogP contribution in [0, 0.1) is 15.5 Å². The molecule has 0 radical (unpaired) electrons. The molecule has 6 heteroatoms. The van der Waals surface area contributed by atoms with E-state index in [1.807, 2.05) is 13.8 Å². The summed E-state index contributed by atoms with van der Waals surface area (Å²) in [6, 6.07) is 4.28. The number of hydrogen-bond donors (Lipinski definition) is 2. The molecule has 0 heterocycles. The molecule has 1 aromatic rings. The lowest BCUT2D eigenvalue weighted by Gasteiger charge is -2.34. The highest BCUT2D eigenvalue weighted by molar-refractivity contribution is 5.95. The molecule has 0 aliphatic rings. The molecular formula is C15H22N2O4. The van der Waals surface area contributed by atoms with Crippen molar-refractivity contribution in [2.45, 2.75) is 46.6 Å². The molecule has 0 aliphatic heterocycles. The van der Waals surface area contributed by atoms with Gasteiger partial charge in [0.2, 0.25) is 0 Å². The number of benzene rings is 1. The molecule has 0 saturated heterocycles. The van der Waals surface area contributed by atoms with Gasteiger partial charge in [-0.15, -0.1) is 0 Å². The SMILES string of the molecule is CC(C)(C)CC(C)(C)Nc1cccc(C(=O)O)c1[N+](=O)[O-]. The van der Waals surface area contributed by atoms with Gasteiger partial charge in [-0.1, -0.05) is 26.8 Å². The summed E-state index contributed by atoms with van der Waals surface area (Å²) in [6.45, 7) is 10.1. The van der Waals surface area contributed by atoms with Crippen molar-refractivity contribution >= 4 is 17.3 Å². The van der Waals surface area contributed by atoms with E-state index in [1.165, 1.54) is 18.2 Å². The molecule has 0 aliphatic carbocycles. The normalized spacial score (nSPS) is 12.0. The van der Waals surface area contributed by atoms with Crippen LogP contribution >= 0.6 is 0 Å². The second-order valence-electron chi connectivity index (χ2n) is 7.01. The standard InChI is InChI=1S/C15H22N2O4/c1-14(2,3)9-15(4,5)16-11-8-6-7-10(13(18)19)12(11)17(20)21/h6-8,16H,9H2,1-5H3,(H,18,19). The van der Waals surface area contributed by atoms with E-state index in [-0.39, 0.29) is 16.7 Å². The Labute approximate surface area is 124 Å². The fourth-order valence-corrected chi connectivity index (χ4v) is 2.75. The number of nitrogens with one attached hydrogen (secondary N) is 1. The maximum atomic E-state index is 11.2. The number of anilines is 1. The van der Waals surface area contributed by atoms with Gasteiger partial charge in [0.15, 0.2) is 0 Å². The first-order valence-electron chi connectivity index (χ1n) is 6.72. The largest absolute Gasteiger partial charge is 0.477 e. The average molecular weight is 294 g/mol. The van der Waals surface area contributed by atoms with E-state index in [0.717, 1.165) is 6.42 Å². The van der Waals surface area contributed by atoms with Crippen LogP contribution in [0.3, 0.4) is 0 Å². The maximum absolute atomic E-state index is 11.2. The van der Waals surface area contributed by atoms with E-state index in [0.29, 0.717) is 0 Å². The van der Waals surface area contributed by atoms with Crippen molar-refractivity contribution in [1.29, 1.82) is 0 Å². The van der Waals surface area contributed by atoms with Gasteiger partial charge < -0.3 is 10.4 Å². The number of rotatable bonds is 5. The van der Waals surface area contributed by atoms with Crippen LogP contribution in [0.2, 0.25) is 0 Å². The number of nitro benzene ring substituents is 1. The summed E-state index contributed by atoms with van der Waals surface area (Å²) in [4.78, 5) is 21.7. The number of carboxylic acid groups (broad SMARTS) is 1. The van der Waals surface area contributed by atoms with Crippen molar-refractivity contribution in [3.05, 3.63) is 33.9 Å². The van der Waals surface area contributed by atoms with Gasteiger partial charge in [-0.3, -0.25) is 10.1 Å². The van der Waals surface area contributed by atoms with Crippen LogP contribution in [0.1, 0.15) is 51.4 Å². The predicted octanol–water partition coefficient (Wildman–Crippen LogP) is 3.92. The third kappa shape index (κ3) is 4.73. The summed E-state index contributed by atoms with van der Waals surface area (Å²) in [5.41, 5.74) is -0.840. The number of aromatic carboxylic acids is 1. The summed E-state index contributed by atoms with van der Waals surface area (Å²) < 4.78 is 0. The third-order valence-corrected chi connectivity index (χ3v) is 2.89. The molecule has 0 spiro atoms. The minimum Gasteiger partial charge on any atom is -0.477 e. The van der Waals surface area contributed by atoms with Crippen LogP contribution in [-0.2, 0) is 0 Å². The van der Waals surface area contributed by atoms with Gasteiger partial charge in [0.25, 0.3) is 0 Å². The molecule has 1 aromatic carbocycles. The predicted molar refractivity (Wildman–Crippen MR) is 81.8 cm³/mol. The molecule has 0 bridgehead atoms. The second-order valence-corrected chi connectivity index (χ2v) is 7.01. The Balaban J connectivity index is 3.23. The average Bonchev–Trinajstić information content (AvgIpc) is 2.23. The lowest BCUT2D eigenvalue weighted by molar-refractivity contribution is -0.384. The number of hydrogen-bond acceptors (Lipinski definition) is 4. The van der Waals surface area contributed by atoms with Crippen LogP contribution in [0.4, 0.5) is 11.4 Å². The summed E-state index contributed by atoms with van der Waals surface area (Å²) >= 11 is 0. The number of para-hydroxylation sites is 1. The van der Waals surface area contributed by atoms with Crippen LogP contribution in [0.15, 0.2) is 18.2 Å². The van der Waals surface area contributed by atoms with E-state index in [9.17, 15) is 14.9 Å². The Hall–Kier alpha value is -2.11. The molecule has 0 fully saturated rings. The minimum atomic E-state index is -1.31. The van der Waals surface area contributed by atoms with Crippen molar-refractivity contribution in [2.75, 3.05) is 5.32 Å². The zero-order valence-electron chi connectivity index (χ0n) is 13.1. The smallest absolute Gasteiger partial charge is 0.342 e. The van der Waals surface area contributed by atoms with Crippen LogP contribution in [-0.4, -0.2) is 21.5 Å². The van der Waals surface area contributed by atoms with Gasteiger partial charge in [-0.05, 0) is 37.8 Å². The zero-order valence-corrected chi connectivity index (χ0v) is 13.1. The molecule has 116 valence electrons. The first kappa shape index (κ1) is 16.9. The second kappa shape index (κ2) is 5.71. The highest BCUT2D eigenvalue weighted by Gasteiger charge is 2.30. The van der Waals surface area contributed by atoms with E-state index >= 15 is 0 Å². The van der Waals surface area contributed by atoms with E-state index in [1.54, 1.807) is 0 Å². The lowest BCUT2D eigenvalue weighted by atomic mass is 9.81. The summed E-state index contributed by atoms with van der Waals surface area (Å²) in [6.07, 6.45) is 0.772. The summed E-state index contributed by atoms with van der Waals surface area (Å²) in [7, 11) is 0. The monoisotopic (exact) mass is 294 g/mol. The lowest BCUT2D eigenvalue weighted by Crippen LogP contribution is -2.35. The Morgan fingerprint density at radius 3 is 2.29 bits per heavy atom. The third-order valence-electron chi connectivity index (χ3n) is 2.89. The molecule has 0 saturated carbocycles. The summed E-state index contributed by atoms with van der Waals surface area (Å²) in [5.74, 6) is -1.31. The molecule has 0 atom stereocenters. The van der Waals surface area contributed by atoms with Gasteiger partial charge in [0.05, 0.1) is 4.92 Å². The van der Waals surface area contributed by atoms with Gasteiger partial charge in [-0.2, -0.15) is 0 Å². The van der Waals surface area contributed by atoms with Crippen molar-refractivity contribution in [1.82, 2.24) is 0 Å². The minimum absolute atomic E-state index is 0.0374. The van der Waals surface area contributed by atoms with Crippen molar-refractivity contribution in [3.8, 4) is 0 Å². The first-order chi connectivity index (χ1) is 9.43.